The molecule has 0 bridgehead atoms. The van der Waals surface area contributed by atoms with Gasteiger partial charge in [0.05, 0.1) is 6.04 Å². The summed E-state index contributed by atoms with van der Waals surface area (Å²) >= 11 is 11.7. The van der Waals surface area contributed by atoms with Gasteiger partial charge < -0.3 is 11.1 Å². The van der Waals surface area contributed by atoms with Crippen molar-refractivity contribution in [2.45, 2.75) is 32.2 Å². The number of nitrogens with one attached hydrogen (secondary N) is 1. The molecule has 0 aliphatic carbocycles. The highest BCUT2D eigenvalue weighted by Gasteiger charge is 2.13. The molecule has 0 saturated heterocycles. The minimum atomic E-state index is -0.493. The summed E-state index contributed by atoms with van der Waals surface area (Å²) < 4.78 is 0. The van der Waals surface area contributed by atoms with Crippen LogP contribution in [0.4, 0.5) is 5.69 Å². The van der Waals surface area contributed by atoms with E-state index in [0.29, 0.717) is 22.2 Å². The van der Waals surface area contributed by atoms with Crippen LogP contribution in [-0.4, -0.2) is 11.9 Å². The smallest absolute Gasteiger partial charge is 0.241 e. The molecule has 0 aliphatic rings. The lowest BCUT2D eigenvalue weighted by molar-refractivity contribution is -0.117. The van der Waals surface area contributed by atoms with E-state index in [2.05, 4.69) is 12.2 Å². The van der Waals surface area contributed by atoms with Gasteiger partial charge in [0.25, 0.3) is 0 Å². The lowest BCUT2D eigenvalue weighted by Crippen LogP contribution is -2.35. The van der Waals surface area contributed by atoms with Crippen molar-refractivity contribution >= 4 is 34.8 Å². The number of carbonyl (C=O) groups is 1. The molecule has 0 saturated carbocycles. The number of anilines is 1. The highest BCUT2D eigenvalue weighted by atomic mass is 35.5. The molecule has 0 fully saturated rings. The van der Waals surface area contributed by atoms with E-state index in [0.717, 1.165) is 12.8 Å². The van der Waals surface area contributed by atoms with Crippen molar-refractivity contribution in [1.29, 1.82) is 0 Å². The maximum Gasteiger partial charge on any atom is 0.241 e. The molecular formula is C12H16Cl2N2O. The van der Waals surface area contributed by atoms with Crippen molar-refractivity contribution in [1.82, 2.24) is 0 Å². The summed E-state index contributed by atoms with van der Waals surface area (Å²) in [5.41, 5.74) is 6.32. The van der Waals surface area contributed by atoms with Crippen molar-refractivity contribution in [2.24, 2.45) is 5.73 Å². The van der Waals surface area contributed by atoms with Crippen LogP contribution >= 0.6 is 23.2 Å². The van der Waals surface area contributed by atoms with Gasteiger partial charge >= 0.3 is 0 Å². The Kier molecular flexibility index (Phi) is 5.75. The molecule has 1 atom stereocenters. The summed E-state index contributed by atoms with van der Waals surface area (Å²) in [6.07, 6.45) is 2.63. The third-order valence-electron chi connectivity index (χ3n) is 2.34. The zero-order valence-electron chi connectivity index (χ0n) is 9.67. The summed E-state index contributed by atoms with van der Waals surface area (Å²) in [5.74, 6) is -0.211. The molecule has 1 rings (SSSR count). The van der Waals surface area contributed by atoms with Gasteiger partial charge in [-0.15, -0.1) is 0 Å². The number of nitrogens with two attached hydrogens (primary N) is 1. The van der Waals surface area contributed by atoms with Crippen LogP contribution in [0, 0.1) is 0 Å². The van der Waals surface area contributed by atoms with Crippen molar-refractivity contribution in [3.8, 4) is 0 Å². The number of unbranched alkanes of at least 4 members (excludes halogenated alkanes) is 1. The standard InChI is InChI=1S/C12H16Cl2N2O/c1-2-3-4-11(15)12(17)16-10-6-8(13)5-9(14)7-10/h5-7,11H,2-4,15H2,1H3,(H,16,17)/t11-/m0/s1. The molecule has 3 N–H and O–H groups in total. The fraction of sp³-hybridized carbons (Fsp3) is 0.417. The predicted octanol–water partition coefficient (Wildman–Crippen LogP) is 3.45. The van der Waals surface area contributed by atoms with Gasteiger partial charge in [0.15, 0.2) is 0 Å². The number of hydrogen-bond donors (Lipinski definition) is 2. The SMILES string of the molecule is CCCC[C@H](N)C(=O)Nc1cc(Cl)cc(Cl)c1. The Bertz CT molecular complexity index is 376. The number of hydrogen-bond acceptors (Lipinski definition) is 2. The molecule has 0 heterocycles. The first-order chi connectivity index (χ1) is 8.02. The van der Waals surface area contributed by atoms with Gasteiger partial charge in [-0.25, -0.2) is 0 Å². The van der Waals surface area contributed by atoms with E-state index in [1.54, 1.807) is 18.2 Å². The molecule has 3 nitrogen and oxygen atoms in total. The maximum atomic E-state index is 11.7. The minimum absolute atomic E-state index is 0.211. The molecule has 0 radical (unpaired) electrons. The fourth-order valence-electron chi connectivity index (χ4n) is 1.42. The summed E-state index contributed by atoms with van der Waals surface area (Å²) in [7, 11) is 0. The summed E-state index contributed by atoms with van der Waals surface area (Å²) in [6.45, 7) is 2.06. The van der Waals surface area contributed by atoms with E-state index >= 15 is 0 Å². The molecule has 94 valence electrons. The number of rotatable bonds is 5. The van der Waals surface area contributed by atoms with Crippen molar-refractivity contribution in [3.63, 3.8) is 0 Å². The van der Waals surface area contributed by atoms with Crippen LogP contribution in [0.25, 0.3) is 0 Å². The van der Waals surface area contributed by atoms with Crippen LogP contribution in [0.3, 0.4) is 0 Å². The number of carbonyl (C=O) groups excluding carboxylic acids is 1. The van der Waals surface area contributed by atoms with E-state index in [1.165, 1.54) is 0 Å². The van der Waals surface area contributed by atoms with Crippen LogP contribution in [-0.2, 0) is 4.79 Å². The Morgan fingerprint density at radius 1 is 1.35 bits per heavy atom. The highest BCUT2D eigenvalue weighted by molar-refractivity contribution is 6.35. The molecule has 17 heavy (non-hydrogen) atoms. The highest BCUT2D eigenvalue weighted by Crippen LogP contribution is 2.22. The fourth-order valence-corrected chi connectivity index (χ4v) is 1.94. The lowest BCUT2D eigenvalue weighted by Gasteiger charge is -2.12. The van der Waals surface area contributed by atoms with Crippen molar-refractivity contribution in [3.05, 3.63) is 28.2 Å². The molecule has 1 amide bonds. The average Bonchev–Trinajstić information content (AvgIpc) is 2.24. The van der Waals surface area contributed by atoms with E-state index in [4.69, 9.17) is 28.9 Å². The summed E-state index contributed by atoms with van der Waals surface area (Å²) in [6, 6.07) is 4.39. The van der Waals surface area contributed by atoms with E-state index in [-0.39, 0.29) is 5.91 Å². The van der Waals surface area contributed by atoms with E-state index < -0.39 is 6.04 Å². The molecule has 0 unspecified atom stereocenters. The van der Waals surface area contributed by atoms with Gasteiger partial charge in [-0.3, -0.25) is 4.79 Å². The zero-order chi connectivity index (χ0) is 12.8. The maximum absolute atomic E-state index is 11.7. The third kappa shape index (κ3) is 4.94. The predicted molar refractivity (Wildman–Crippen MR) is 72.6 cm³/mol. The molecule has 1 aromatic rings. The van der Waals surface area contributed by atoms with Crippen LogP contribution in [0.5, 0.6) is 0 Å². The molecule has 0 aliphatic heterocycles. The first-order valence-corrected chi connectivity index (χ1v) is 6.31. The Morgan fingerprint density at radius 2 is 1.94 bits per heavy atom. The Balaban J connectivity index is 2.61. The number of halogens is 2. The van der Waals surface area contributed by atoms with Gasteiger partial charge in [0, 0.05) is 15.7 Å². The van der Waals surface area contributed by atoms with Crippen molar-refractivity contribution < 1.29 is 4.79 Å². The van der Waals surface area contributed by atoms with Gasteiger partial charge in [-0.05, 0) is 24.6 Å². The Hall–Kier alpha value is -0.770. The third-order valence-corrected chi connectivity index (χ3v) is 2.77. The second-order valence-corrected chi connectivity index (χ2v) is 4.77. The first kappa shape index (κ1) is 14.3. The summed E-state index contributed by atoms with van der Waals surface area (Å²) in [5, 5.41) is 3.66. The average molecular weight is 275 g/mol. The second-order valence-electron chi connectivity index (χ2n) is 3.90. The van der Waals surface area contributed by atoms with E-state index in [9.17, 15) is 4.79 Å². The zero-order valence-corrected chi connectivity index (χ0v) is 11.2. The number of benzene rings is 1. The normalized spacial score (nSPS) is 12.2. The van der Waals surface area contributed by atoms with Gasteiger partial charge in [0.1, 0.15) is 0 Å². The monoisotopic (exact) mass is 274 g/mol. The topological polar surface area (TPSA) is 55.1 Å². The van der Waals surface area contributed by atoms with Crippen LogP contribution in [0.2, 0.25) is 10.0 Å². The van der Waals surface area contributed by atoms with E-state index in [1.807, 2.05) is 0 Å². The largest absolute Gasteiger partial charge is 0.325 e. The second kappa shape index (κ2) is 6.84. The van der Waals surface area contributed by atoms with Crippen molar-refractivity contribution in [2.75, 3.05) is 5.32 Å². The number of amides is 1. The first-order valence-electron chi connectivity index (χ1n) is 5.55. The van der Waals surface area contributed by atoms with Crippen LogP contribution in [0.1, 0.15) is 26.2 Å². The molecular weight excluding hydrogens is 259 g/mol. The quantitative estimate of drug-likeness (QED) is 0.864. The van der Waals surface area contributed by atoms with Gasteiger partial charge in [-0.2, -0.15) is 0 Å². The lowest BCUT2D eigenvalue weighted by atomic mass is 10.1. The van der Waals surface area contributed by atoms with Crippen LogP contribution in [0.15, 0.2) is 18.2 Å². The minimum Gasteiger partial charge on any atom is -0.325 e. The molecule has 5 heteroatoms. The Morgan fingerprint density at radius 3 is 2.47 bits per heavy atom. The van der Waals surface area contributed by atoms with Crippen LogP contribution < -0.4 is 11.1 Å². The van der Waals surface area contributed by atoms with Gasteiger partial charge in [0.2, 0.25) is 5.91 Å². The Labute approximate surface area is 111 Å². The molecule has 0 aromatic heterocycles. The molecule has 1 aromatic carbocycles. The summed E-state index contributed by atoms with van der Waals surface area (Å²) in [4.78, 5) is 11.7. The van der Waals surface area contributed by atoms with Gasteiger partial charge in [-0.1, -0.05) is 43.0 Å². The molecule has 0 spiro atoms.